The predicted molar refractivity (Wildman–Crippen MR) is 78.5 cm³/mol. The number of halogens is 2. The number of aliphatic imine (C=N–C) groups is 1. The van der Waals surface area contributed by atoms with Crippen molar-refractivity contribution in [3.63, 3.8) is 0 Å². The monoisotopic (exact) mass is 280 g/mol. The van der Waals surface area contributed by atoms with Crippen LogP contribution in [0, 0.1) is 0 Å². The molecule has 1 aromatic heterocycles. The van der Waals surface area contributed by atoms with E-state index in [2.05, 4.69) is 29.6 Å². The molecule has 4 heteroatoms. The molecule has 0 unspecified atom stereocenters. The van der Waals surface area contributed by atoms with Crippen LogP contribution in [0.15, 0.2) is 41.7 Å². The molecule has 2 aromatic rings. The number of benzene rings is 1. The minimum absolute atomic E-state index is 0.456. The van der Waals surface area contributed by atoms with Crippen LogP contribution in [0.3, 0.4) is 0 Å². The lowest BCUT2D eigenvalue weighted by molar-refractivity contribution is 0.603. The summed E-state index contributed by atoms with van der Waals surface area (Å²) in [6.45, 7) is 4.28. The van der Waals surface area contributed by atoms with E-state index in [1.54, 1.807) is 12.1 Å². The molecule has 0 aliphatic rings. The standard InChI is InChI=1S/C14H14Cl2N2/c1-10(2)18-6-5-11(9-18)8-17-12-3-4-13(15)14(16)7-12/h3-10H,1-2H3. The molecule has 0 spiro atoms. The number of hydrogen-bond acceptors (Lipinski definition) is 1. The average Bonchev–Trinajstić information content (AvgIpc) is 2.79. The fraction of sp³-hybridized carbons (Fsp3) is 0.214. The molecule has 0 fully saturated rings. The Morgan fingerprint density at radius 3 is 2.56 bits per heavy atom. The zero-order valence-electron chi connectivity index (χ0n) is 10.3. The summed E-state index contributed by atoms with van der Waals surface area (Å²) < 4.78 is 2.14. The highest BCUT2D eigenvalue weighted by atomic mass is 35.5. The molecule has 0 aliphatic carbocycles. The summed E-state index contributed by atoms with van der Waals surface area (Å²) in [7, 11) is 0. The lowest BCUT2D eigenvalue weighted by atomic mass is 10.3. The van der Waals surface area contributed by atoms with Crippen molar-refractivity contribution in [1.29, 1.82) is 0 Å². The van der Waals surface area contributed by atoms with Gasteiger partial charge in [-0.3, -0.25) is 4.99 Å². The Labute approximate surface area is 117 Å². The second kappa shape index (κ2) is 5.59. The van der Waals surface area contributed by atoms with Gasteiger partial charge in [-0.2, -0.15) is 0 Å². The van der Waals surface area contributed by atoms with E-state index in [1.165, 1.54) is 0 Å². The van der Waals surface area contributed by atoms with Gasteiger partial charge in [0.15, 0.2) is 0 Å². The number of rotatable bonds is 3. The van der Waals surface area contributed by atoms with Crippen LogP contribution in [0.25, 0.3) is 0 Å². The molecule has 0 atom stereocenters. The second-order valence-electron chi connectivity index (χ2n) is 4.34. The molecule has 2 nitrogen and oxygen atoms in total. The summed E-state index contributed by atoms with van der Waals surface area (Å²) in [5, 5.41) is 1.06. The van der Waals surface area contributed by atoms with Gasteiger partial charge in [-0.15, -0.1) is 0 Å². The summed E-state index contributed by atoms with van der Waals surface area (Å²) in [6.07, 6.45) is 5.92. The van der Waals surface area contributed by atoms with Gasteiger partial charge < -0.3 is 4.57 Å². The van der Waals surface area contributed by atoms with Crippen LogP contribution >= 0.6 is 23.2 Å². The molecule has 1 aromatic carbocycles. The molecule has 0 saturated carbocycles. The Balaban J connectivity index is 2.16. The van der Waals surface area contributed by atoms with Gasteiger partial charge in [-0.05, 0) is 38.1 Å². The van der Waals surface area contributed by atoms with Crippen LogP contribution in [0.5, 0.6) is 0 Å². The van der Waals surface area contributed by atoms with Crippen molar-refractivity contribution in [3.8, 4) is 0 Å². The Kier molecular flexibility index (Phi) is 4.10. The van der Waals surface area contributed by atoms with Gasteiger partial charge in [0.05, 0.1) is 15.7 Å². The summed E-state index contributed by atoms with van der Waals surface area (Å²) in [5.74, 6) is 0. The quantitative estimate of drug-likeness (QED) is 0.694. The fourth-order valence-electron chi connectivity index (χ4n) is 1.54. The van der Waals surface area contributed by atoms with E-state index in [9.17, 15) is 0 Å². The zero-order valence-corrected chi connectivity index (χ0v) is 11.8. The molecule has 0 N–H and O–H groups in total. The lowest BCUT2D eigenvalue weighted by Crippen LogP contribution is -1.95. The molecule has 0 amide bonds. The summed E-state index contributed by atoms with van der Waals surface area (Å²) >= 11 is 11.8. The Bertz CT molecular complexity index is 571. The molecule has 0 aliphatic heterocycles. The normalized spacial score (nSPS) is 11.6. The van der Waals surface area contributed by atoms with Gasteiger partial charge in [0.2, 0.25) is 0 Å². The van der Waals surface area contributed by atoms with Crippen molar-refractivity contribution in [2.75, 3.05) is 0 Å². The SMILES string of the molecule is CC(C)n1ccc(C=Nc2ccc(Cl)c(Cl)c2)c1. The van der Waals surface area contributed by atoms with Crippen molar-refractivity contribution in [2.24, 2.45) is 4.99 Å². The Morgan fingerprint density at radius 2 is 1.94 bits per heavy atom. The molecule has 18 heavy (non-hydrogen) atoms. The third kappa shape index (κ3) is 3.15. The van der Waals surface area contributed by atoms with E-state index in [4.69, 9.17) is 23.2 Å². The van der Waals surface area contributed by atoms with E-state index in [1.807, 2.05) is 24.5 Å². The molecular weight excluding hydrogens is 267 g/mol. The summed E-state index contributed by atoms with van der Waals surface area (Å²) in [5.41, 5.74) is 1.86. The molecule has 0 saturated heterocycles. The van der Waals surface area contributed by atoms with Gasteiger partial charge in [0, 0.05) is 30.2 Å². The lowest BCUT2D eigenvalue weighted by Gasteiger charge is -2.04. The molecule has 2 rings (SSSR count). The summed E-state index contributed by atoms with van der Waals surface area (Å²) in [6, 6.07) is 7.82. The van der Waals surface area contributed by atoms with Gasteiger partial charge in [0.1, 0.15) is 0 Å². The highest BCUT2D eigenvalue weighted by molar-refractivity contribution is 6.42. The van der Waals surface area contributed by atoms with Crippen molar-refractivity contribution >= 4 is 35.1 Å². The van der Waals surface area contributed by atoms with Gasteiger partial charge in [-0.25, -0.2) is 0 Å². The van der Waals surface area contributed by atoms with Crippen molar-refractivity contribution in [2.45, 2.75) is 19.9 Å². The minimum atomic E-state index is 0.456. The number of hydrogen-bond donors (Lipinski definition) is 0. The van der Waals surface area contributed by atoms with E-state index < -0.39 is 0 Å². The molecule has 1 heterocycles. The highest BCUT2D eigenvalue weighted by Crippen LogP contribution is 2.26. The van der Waals surface area contributed by atoms with Crippen LogP contribution < -0.4 is 0 Å². The topological polar surface area (TPSA) is 17.3 Å². The van der Waals surface area contributed by atoms with E-state index in [0.29, 0.717) is 16.1 Å². The first-order valence-electron chi connectivity index (χ1n) is 5.73. The maximum Gasteiger partial charge on any atom is 0.0645 e. The first-order valence-corrected chi connectivity index (χ1v) is 6.48. The maximum absolute atomic E-state index is 5.93. The minimum Gasteiger partial charge on any atom is -0.351 e. The zero-order chi connectivity index (χ0) is 13.1. The second-order valence-corrected chi connectivity index (χ2v) is 5.16. The largest absolute Gasteiger partial charge is 0.351 e. The Hall–Kier alpha value is -1.25. The number of nitrogens with zero attached hydrogens (tertiary/aromatic N) is 2. The number of aromatic nitrogens is 1. The van der Waals surface area contributed by atoms with E-state index in [0.717, 1.165) is 11.3 Å². The van der Waals surface area contributed by atoms with Crippen molar-refractivity contribution in [1.82, 2.24) is 4.57 Å². The third-order valence-corrected chi connectivity index (χ3v) is 3.34. The smallest absolute Gasteiger partial charge is 0.0645 e. The molecular formula is C14H14Cl2N2. The van der Waals surface area contributed by atoms with Crippen molar-refractivity contribution < 1.29 is 0 Å². The van der Waals surface area contributed by atoms with Crippen LogP contribution in [-0.2, 0) is 0 Å². The van der Waals surface area contributed by atoms with Gasteiger partial charge in [0.25, 0.3) is 0 Å². The first-order chi connectivity index (χ1) is 8.56. The van der Waals surface area contributed by atoms with Crippen molar-refractivity contribution in [3.05, 3.63) is 52.3 Å². The van der Waals surface area contributed by atoms with E-state index in [-0.39, 0.29) is 0 Å². The highest BCUT2D eigenvalue weighted by Gasteiger charge is 1.99. The van der Waals surface area contributed by atoms with Crippen LogP contribution in [0.1, 0.15) is 25.5 Å². The molecule has 0 radical (unpaired) electrons. The average molecular weight is 281 g/mol. The van der Waals surface area contributed by atoms with Gasteiger partial charge >= 0.3 is 0 Å². The van der Waals surface area contributed by atoms with Crippen LogP contribution in [-0.4, -0.2) is 10.8 Å². The van der Waals surface area contributed by atoms with E-state index >= 15 is 0 Å². The molecule has 0 bridgehead atoms. The third-order valence-electron chi connectivity index (χ3n) is 2.60. The maximum atomic E-state index is 5.93. The van der Waals surface area contributed by atoms with Crippen LogP contribution in [0.4, 0.5) is 5.69 Å². The summed E-state index contributed by atoms with van der Waals surface area (Å²) in [4.78, 5) is 4.37. The Morgan fingerprint density at radius 1 is 1.17 bits per heavy atom. The predicted octanol–water partition coefficient (Wildman–Crippen LogP) is 5.13. The molecule has 94 valence electrons. The first kappa shape index (κ1) is 13.2. The van der Waals surface area contributed by atoms with Gasteiger partial charge in [-0.1, -0.05) is 23.2 Å². The van der Waals surface area contributed by atoms with Crippen LogP contribution in [0.2, 0.25) is 10.0 Å². The fourth-order valence-corrected chi connectivity index (χ4v) is 1.83.